The maximum atomic E-state index is 12.7. The van der Waals surface area contributed by atoms with Crippen molar-refractivity contribution in [2.75, 3.05) is 0 Å². The van der Waals surface area contributed by atoms with Gasteiger partial charge in [-0.15, -0.1) is 0 Å². The largest absolute Gasteiger partial charge is 0.345 e. The molecule has 1 N–H and O–H groups in total. The monoisotopic (exact) mass is 517 g/mol. The number of hydrogen-bond acceptors (Lipinski definition) is 2. The summed E-state index contributed by atoms with van der Waals surface area (Å²) >= 11 is 0. The molecule has 1 heterocycles. The molecule has 4 nitrogen and oxygen atoms in total. The minimum atomic E-state index is -0.0379. The zero-order chi connectivity index (χ0) is 26.8. The number of amides is 1. The van der Waals surface area contributed by atoms with E-state index in [-0.39, 0.29) is 5.91 Å². The second-order valence-electron chi connectivity index (χ2n) is 11.0. The number of aromatic nitrogens is 2. The number of para-hydroxylation sites is 2. The third-order valence-corrected chi connectivity index (χ3v) is 7.77. The van der Waals surface area contributed by atoms with Crippen molar-refractivity contribution in [1.29, 1.82) is 0 Å². The normalized spacial score (nSPS) is 11.3. The van der Waals surface area contributed by atoms with Gasteiger partial charge in [-0.05, 0) is 37.1 Å². The van der Waals surface area contributed by atoms with Crippen molar-refractivity contribution in [3.8, 4) is 0 Å². The van der Waals surface area contributed by atoms with Crippen LogP contribution in [-0.2, 0) is 13.1 Å². The average Bonchev–Trinajstić information content (AvgIpc) is 3.29. The minimum absolute atomic E-state index is 0.0379. The SMILES string of the molecule is CCCCCCCCCCCCCCCCCCn1c(CNC(=O)c2ccccc2C)nc2ccccc21. The molecule has 0 atom stereocenters. The number of carbonyl (C=O) groups excluding carboxylic acids is 1. The summed E-state index contributed by atoms with van der Waals surface area (Å²) in [6.45, 7) is 5.66. The van der Waals surface area contributed by atoms with Gasteiger partial charge in [0.05, 0.1) is 17.6 Å². The van der Waals surface area contributed by atoms with Gasteiger partial charge in [0.15, 0.2) is 0 Å². The number of unbranched alkanes of at least 4 members (excludes halogenated alkanes) is 15. The Morgan fingerprint density at radius 2 is 1.24 bits per heavy atom. The lowest BCUT2D eigenvalue weighted by Gasteiger charge is -2.11. The van der Waals surface area contributed by atoms with Crippen LogP contribution < -0.4 is 5.32 Å². The number of fused-ring (bicyclic) bond motifs is 1. The van der Waals surface area contributed by atoms with E-state index in [0.29, 0.717) is 6.54 Å². The summed E-state index contributed by atoms with van der Waals surface area (Å²) < 4.78 is 2.30. The highest BCUT2D eigenvalue weighted by atomic mass is 16.1. The van der Waals surface area contributed by atoms with Crippen molar-refractivity contribution in [3.63, 3.8) is 0 Å². The van der Waals surface area contributed by atoms with Crippen LogP contribution in [0.15, 0.2) is 48.5 Å². The molecule has 208 valence electrons. The molecule has 38 heavy (non-hydrogen) atoms. The Bertz CT molecular complexity index is 1070. The van der Waals surface area contributed by atoms with Gasteiger partial charge in [-0.1, -0.05) is 134 Å². The molecule has 4 heteroatoms. The third-order valence-electron chi connectivity index (χ3n) is 7.77. The third kappa shape index (κ3) is 10.3. The fourth-order valence-electron chi connectivity index (χ4n) is 5.41. The number of nitrogens with one attached hydrogen (secondary N) is 1. The lowest BCUT2D eigenvalue weighted by atomic mass is 10.0. The molecule has 0 saturated carbocycles. The Hall–Kier alpha value is -2.62. The second kappa shape index (κ2) is 17.8. The lowest BCUT2D eigenvalue weighted by molar-refractivity contribution is 0.0949. The van der Waals surface area contributed by atoms with Crippen molar-refractivity contribution in [2.45, 2.75) is 130 Å². The van der Waals surface area contributed by atoms with Crippen LogP contribution in [0.2, 0.25) is 0 Å². The number of benzene rings is 2. The van der Waals surface area contributed by atoms with E-state index in [1.807, 2.05) is 37.3 Å². The van der Waals surface area contributed by atoms with Crippen LogP contribution in [0.4, 0.5) is 0 Å². The quantitative estimate of drug-likeness (QED) is 0.152. The predicted octanol–water partition coefficient (Wildman–Crippen LogP) is 9.54. The highest BCUT2D eigenvalue weighted by molar-refractivity contribution is 5.95. The smallest absolute Gasteiger partial charge is 0.251 e. The van der Waals surface area contributed by atoms with E-state index in [1.165, 1.54) is 96.3 Å². The van der Waals surface area contributed by atoms with Gasteiger partial charge in [-0.25, -0.2) is 4.98 Å². The summed E-state index contributed by atoms with van der Waals surface area (Å²) in [5.74, 6) is 0.901. The maximum Gasteiger partial charge on any atom is 0.251 e. The summed E-state index contributed by atoms with van der Waals surface area (Å²) in [5, 5.41) is 3.09. The Morgan fingerprint density at radius 3 is 1.84 bits per heavy atom. The van der Waals surface area contributed by atoms with Gasteiger partial charge in [-0.2, -0.15) is 0 Å². The molecule has 0 fully saturated rings. The number of aryl methyl sites for hydroxylation is 2. The van der Waals surface area contributed by atoms with Gasteiger partial charge < -0.3 is 9.88 Å². The number of rotatable bonds is 20. The molecule has 3 aromatic rings. The minimum Gasteiger partial charge on any atom is -0.345 e. The Balaban J connectivity index is 1.31. The van der Waals surface area contributed by atoms with E-state index >= 15 is 0 Å². The van der Waals surface area contributed by atoms with E-state index in [2.05, 4.69) is 35.0 Å². The number of imidazole rings is 1. The van der Waals surface area contributed by atoms with Crippen molar-refractivity contribution >= 4 is 16.9 Å². The molecule has 0 unspecified atom stereocenters. The summed E-state index contributed by atoms with van der Waals surface area (Å²) in [5.41, 5.74) is 3.89. The van der Waals surface area contributed by atoms with Crippen LogP contribution >= 0.6 is 0 Å². The number of carbonyl (C=O) groups is 1. The van der Waals surface area contributed by atoms with Gasteiger partial charge in [0.2, 0.25) is 0 Å². The molecule has 0 aliphatic rings. The fraction of sp³-hybridized carbons (Fsp3) is 0.588. The molecule has 2 aromatic carbocycles. The van der Waals surface area contributed by atoms with Gasteiger partial charge >= 0.3 is 0 Å². The molecule has 0 aliphatic heterocycles. The topological polar surface area (TPSA) is 46.9 Å². The van der Waals surface area contributed by atoms with E-state index in [1.54, 1.807) is 0 Å². The van der Waals surface area contributed by atoms with E-state index < -0.39 is 0 Å². The van der Waals surface area contributed by atoms with Crippen LogP contribution in [-0.4, -0.2) is 15.5 Å². The molecule has 0 spiro atoms. The van der Waals surface area contributed by atoms with Crippen molar-refractivity contribution in [1.82, 2.24) is 14.9 Å². The van der Waals surface area contributed by atoms with Gasteiger partial charge in [0, 0.05) is 12.1 Å². The predicted molar refractivity (Wildman–Crippen MR) is 162 cm³/mol. The maximum absolute atomic E-state index is 12.7. The standard InChI is InChI=1S/C34H51N3O/c1-3-4-5-6-7-8-9-10-11-12-13-14-15-16-17-22-27-37-32-26-21-20-25-31(32)36-33(37)28-35-34(38)30-24-19-18-23-29(30)2/h18-21,23-26H,3-17,22,27-28H2,1-2H3,(H,35,38). The number of hydrogen-bond donors (Lipinski definition) is 1. The van der Waals surface area contributed by atoms with E-state index in [4.69, 9.17) is 4.98 Å². The Labute approximate surface area is 231 Å². The zero-order valence-corrected chi connectivity index (χ0v) is 24.1. The molecular weight excluding hydrogens is 466 g/mol. The molecule has 3 rings (SSSR count). The van der Waals surface area contributed by atoms with E-state index in [0.717, 1.165) is 41.0 Å². The molecular formula is C34H51N3O. The molecule has 0 radical (unpaired) electrons. The first-order valence-electron chi connectivity index (χ1n) is 15.5. The first-order valence-corrected chi connectivity index (χ1v) is 15.5. The van der Waals surface area contributed by atoms with Gasteiger partial charge in [-0.3, -0.25) is 4.79 Å². The highest BCUT2D eigenvalue weighted by Gasteiger charge is 2.13. The Morgan fingerprint density at radius 1 is 0.711 bits per heavy atom. The molecule has 0 bridgehead atoms. The highest BCUT2D eigenvalue weighted by Crippen LogP contribution is 2.19. The molecule has 1 amide bonds. The first kappa shape index (κ1) is 29.9. The van der Waals surface area contributed by atoms with E-state index in [9.17, 15) is 4.79 Å². The van der Waals surface area contributed by atoms with Crippen LogP contribution in [0, 0.1) is 6.92 Å². The summed E-state index contributed by atoms with van der Waals surface area (Å²) in [6, 6.07) is 16.0. The first-order chi connectivity index (χ1) is 18.7. The van der Waals surface area contributed by atoms with Crippen LogP contribution in [0.1, 0.15) is 131 Å². The van der Waals surface area contributed by atoms with Crippen molar-refractivity contribution < 1.29 is 4.79 Å². The molecule has 1 aromatic heterocycles. The van der Waals surface area contributed by atoms with Crippen molar-refractivity contribution in [2.24, 2.45) is 0 Å². The summed E-state index contributed by atoms with van der Waals surface area (Å²) in [6.07, 6.45) is 22.0. The number of nitrogens with zero attached hydrogens (tertiary/aromatic N) is 2. The van der Waals surface area contributed by atoms with Gasteiger partial charge in [0.1, 0.15) is 5.82 Å². The van der Waals surface area contributed by atoms with Crippen LogP contribution in [0.5, 0.6) is 0 Å². The fourth-order valence-corrected chi connectivity index (χ4v) is 5.41. The van der Waals surface area contributed by atoms with Crippen LogP contribution in [0.3, 0.4) is 0 Å². The van der Waals surface area contributed by atoms with Crippen LogP contribution in [0.25, 0.3) is 11.0 Å². The zero-order valence-electron chi connectivity index (χ0n) is 24.1. The molecule has 0 saturated heterocycles. The second-order valence-corrected chi connectivity index (χ2v) is 11.0. The average molecular weight is 518 g/mol. The van der Waals surface area contributed by atoms with Gasteiger partial charge in [0.25, 0.3) is 5.91 Å². The summed E-state index contributed by atoms with van der Waals surface area (Å²) in [7, 11) is 0. The molecule has 0 aliphatic carbocycles. The lowest BCUT2D eigenvalue weighted by Crippen LogP contribution is -2.25. The summed E-state index contributed by atoms with van der Waals surface area (Å²) in [4.78, 5) is 17.6. The Kier molecular flexibility index (Phi) is 14.0. The van der Waals surface area contributed by atoms with Crippen molar-refractivity contribution in [3.05, 3.63) is 65.5 Å².